The Morgan fingerprint density at radius 3 is 2.83 bits per heavy atom. The first-order valence-corrected chi connectivity index (χ1v) is 10.3. The summed E-state index contributed by atoms with van der Waals surface area (Å²) >= 11 is 5.93. The summed E-state index contributed by atoms with van der Waals surface area (Å²) in [5, 5.41) is 0.697. The lowest BCUT2D eigenvalue weighted by Gasteiger charge is -2.31. The van der Waals surface area contributed by atoms with Crippen molar-refractivity contribution in [1.29, 1.82) is 0 Å². The smallest absolute Gasteiger partial charge is 0.260 e. The molecule has 0 N–H and O–H groups in total. The Labute approximate surface area is 179 Å². The van der Waals surface area contributed by atoms with E-state index in [9.17, 15) is 9.18 Å². The molecule has 0 saturated carbocycles. The Hall–Kier alpha value is -2.86. The van der Waals surface area contributed by atoms with Gasteiger partial charge in [0.15, 0.2) is 24.1 Å². The average Bonchev–Trinajstić information content (AvgIpc) is 3.23. The highest BCUT2D eigenvalue weighted by Gasteiger charge is 2.28. The van der Waals surface area contributed by atoms with Crippen LogP contribution in [0.1, 0.15) is 36.0 Å². The number of ether oxygens (including phenoxy) is 1. The molecule has 4 rings (SSSR count). The second-order valence-corrected chi connectivity index (χ2v) is 7.80. The third-order valence-electron chi connectivity index (χ3n) is 5.17. The van der Waals surface area contributed by atoms with Crippen molar-refractivity contribution < 1.29 is 18.3 Å². The molecule has 1 aromatic heterocycles. The van der Waals surface area contributed by atoms with Crippen LogP contribution >= 0.6 is 11.6 Å². The van der Waals surface area contributed by atoms with E-state index in [2.05, 4.69) is 4.98 Å². The van der Waals surface area contributed by atoms with E-state index in [4.69, 9.17) is 20.8 Å². The fourth-order valence-corrected chi connectivity index (χ4v) is 3.72. The number of amides is 1. The van der Waals surface area contributed by atoms with Crippen molar-refractivity contribution >= 4 is 17.5 Å². The molecule has 156 valence electrons. The van der Waals surface area contributed by atoms with E-state index in [-0.39, 0.29) is 24.2 Å². The molecule has 2 heterocycles. The van der Waals surface area contributed by atoms with Crippen LogP contribution in [0.4, 0.5) is 4.39 Å². The zero-order valence-electron chi connectivity index (χ0n) is 16.4. The standard InChI is InChI=1S/C23H22ClFN2O3/c24-18-9-7-16(8-10-18)12-19-13-26-23(30-19)17-4-3-11-27(14-17)22(28)15-29-21-6-2-1-5-20(21)25/h1-2,5-10,13,17H,3-4,11-12,14-15H2/t17-/m0/s1. The highest BCUT2D eigenvalue weighted by Crippen LogP contribution is 2.27. The van der Waals surface area contributed by atoms with Crippen molar-refractivity contribution in [2.75, 3.05) is 19.7 Å². The van der Waals surface area contributed by atoms with Gasteiger partial charge in [0.05, 0.1) is 12.1 Å². The molecule has 5 nitrogen and oxygen atoms in total. The SMILES string of the molecule is O=C(COc1ccccc1F)N1CCC[C@H](c2ncc(Cc3ccc(Cl)cc3)o2)C1. The van der Waals surface area contributed by atoms with Crippen molar-refractivity contribution in [1.82, 2.24) is 9.88 Å². The molecule has 7 heteroatoms. The lowest BCUT2D eigenvalue weighted by atomic mass is 9.98. The number of aromatic nitrogens is 1. The number of halogens is 2. The van der Waals surface area contributed by atoms with Crippen molar-refractivity contribution in [3.05, 3.63) is 82.8 Å². The molecular formula is C23H22ClFN2O3. The predicted octanol–water partition coefficient (Wildman–Crippen LogP) is 4.84. The normalized spacial score (nSPS) is 16.5. The highest BCUT2D eigenvalue weighted by atomic mass is 35.5. The third kappa shape index (κ3) is 5.00. The van der Waals surface area contributed by atoms with Gasteiger partial charge in [-0.2, -0.15) is 0 Å². The van der Waals surface area contributed by atoms with Crippen LogP contribution < -0.4 is 4.74 Å². The molecule has 3 aromatic rings. The first kappa shape index (κ1) is 20.4. The molecular weight excluding hydrogens is 407 g/mol. The minimum absolute atomic E-state index is 0.0372. The van der Waals surface area contributed by atoms with Crippen LogP contribution in [-0.2, 0) is 11.2 Å². The molecule has 2 aromatic carbocycles. The molecule has 1 aliphatic heterocycles. The van der Waals surface area contributed by atoms with Crippen LogP contribution in [0.25, 0.3) is 0 Å². The highest BCUT2D eigenvalue weighted by molar-refractivity contribution is 6.30. The zero-order chi connectivity index (χ0) is 20.9. The van der Waals surface area contributed by atoms with Gasteiger partial charge >= 0.3 is 0 Å². The lowest BCUT2D eigenvalue weighted by molar-refractivity contribution is -0.134. The van der Waals surface area contributed by atoms with Gasteiger partial charge in [0, 0.05) is 24.5 Å². The molecule has 0 spiro atoms. The zero-order valence-corrected chi connectivity index (χ0v) is 17.1. The summed E-state index contributed by atoms with van der Waals surface area (Å²) in [4.78, 5) is 18.7. The summed E-state index contributed by atoms with van der Waals surface area (Å²) in [6, 6.07) is 13.7. The van der Waals surface area contributed by atoms with E-state index in [1.54, 1.807) is 23.2 Å². The number of hydrogen-bond acceptors (Lipinski definition) is 4. The van der Waals surface area contributed by atoms with Crippen LogP contribution in [0.5, 0.6) is 5.75 Å². The van der Waals surface area contributed by atoms with Crippen LogP contribution in [0, 0.1) is 5.82 Å². The monoisotopic (exact) mass is 428 g/mol. The molecule has 1 saturated heterocycles. The number of rotatable bonds is 6. The number of piperidine rings is 1. The van der Waals surface area contributed by atoms with Gasteiger partial charge in [-0.3, -0.25) is 4.79 Å². The van der Waals surface area contributed by atoms with E-state index in [0.29, 0.717) is 30.4 Å². The van der Waals surface area contributed by atoms with Crippen molar-refractivity contribution in [3.8, 4) is 5.75 Å². The summed E-state index contributed by atoms with van der Waals surface area (Å²) < 4.78 is 25.0. The predicted molar refractivity (Wildman–Crippen MR) is 111 cm³/mol. The number of carbonyl (C=O) groups is 1. The number of oxazole rings is 1. The molecule has 0 bridgehead atoms. The Kier molecular flexibility index (Phi) is 6.33. The summed E-state index contributed by atoms with van der Waals surface area (Å²) in [6.45, 7) is 0.968. The first-order valence-electron chi connectivity index (χ1n) is 9.92. The van der Waals surface area contributed by atoms with Gasteiger partial charge in [-0.15, -0.1) is 0 Å². The quantitative estimate of drug-likeness (QED) is 0.563. The van der Waals surface area contributed by atoms with Crippen LogP contribution in [-0.4, -0.2) is 35.5 Å². The summed E-state index contributed by atoms with van der Waals surface area (Å²) in [5.74, 6) is 0.893. The maximum atomic E-state index is 13.7. The van der Waals surface area contributed by atoms with Gasteiger partial charge in [0.2, 0.25) is 0 Å². The minimum atomic E-state index is -0.477. The molecule has 30 heavy (non-hydrogen) atoms. The Bertz CT molecular complexity index is 1010. The Morgan fingerprint density at radius 2 is 2.03 bits per heavy atom. The second kappa shape index (κ2) is 9.30. The van der Waals surface area contributed by atoms with Gasteiger partial charge < -0.3 is 14.1 Å². The second-order valence-electron chi connectivity index (χ2n) is 7.37. The summed E-state index contributed by atoms with van der Waals surface area (Å²) in [7, 11) is 0. The largest absolute Gasteiger partial charge is 0.481 e. The van der Waals surface area contributed by atoms with Crippen molar-refractivity contribution in [3.63, 3.8) is 0 Å². The lowest BCUT2D eigenvalue weighted by Crippen LogP contribution is -2.41. The van der Waals surface area contributed by atoms with Crippen LogP contribution in [0.2, 0.25) is 5.02 Å². The van der Waals surface area contributed by atoms with E-state index in [1.807, 2.05) is 24.3 Å². The maximum absolute atomic E-state index is 13.7. The molecule has 0 unspecified atom stereocenters. The van der Waals surface area contributed by atoms with Gasteiger partial charge in [0.25, 0.3) is 5.91 Å². The van der Waals surface area contributed by atoms with E-state index < -0.39 is 5.82 Å². The Morgan fingerprint density at radius 1 is 1.23 bits per heavy atom. The minimum Gasteiger partial charge on any atom is -0.481 e. The fraction of sp³-hybridized carbons (Fsp3) is 0.304. The van der Waals surface area contributed by atoms with E-state index >= 15 is 0 Å². The van der Waals surface area contributed by atoms with Gasteiger partial charge in [-0.25, -0.2) is 9.37 Å². The Balaban J connectivity index is 1.34. The van der Waals surface area contributed by atoms with Gasteiger partial charge in [-0.1, -0.05) is 35.9 Å². The summed E-state index contributed by atoms with van der Waals surface area (Å²) in [6.07, 6.45) is 4.13. The van der Waals surface area contributed by atoms with Crippen molar-refractivity contribution in [2.45, 2.75) is 25.2 Å². The van der Waals surface area contributed by atoms with Gasteiger partial charge in [-0.05, 0) is 42.7 Å². The first-order chi connectivity index (χ1) is 14.6. The fourth-order valence-electron chi connectivity index (χ4n) is 3.59. The number of likely N-dealkylation sites (tertiary alicyclic amines) is 1. The van der Waals surface area contributed by atoms with E-state index in [1.165, 1.54) is 12.1 Å². The van der Waals surface area contributed by atoms with Crippen LogP contribution in [0.3, 0.4) is 0 Å². The third-order valence-corrected chi connectivity index (χ3v) is 5.43. The van der Waals surface area contributed by atoms with Gasteiger partial charge in [0.1, 0.15) is 5.76 Å². The summed E-state index contributed by atoms with van der Waals surface area (Å²) in [5.41, 5.74) is 1.09. The number of hydrogen-bond donors (Lipinski definition) is 0. The molecule has 0 radical (unpaired) electrons. The number of carbonyl (C=O) groups excluding carboxylic acids is 1. The van der Waals surface area contributed by atoms with Crippen LogP contribution in [0.15, 0.2) is 59.1 Å². The van der Waals surface area contributed by atoms with Crippen molar-refractivity contribution in [2.24, 2.45) is 0 Å². The number of benzene rings is 2. The number of para-hydroxylation sites is 1. The topological polar surface area (TPSA) is 55.6 Å². The molecule has 1 amide bonds. The molecule has 1 aliphatic rings. The number of nitrogens with zero attached hydrogens (tertiary/aromatic N) is 2. The molecule has 1 fully saturated rings. The maximum Gasteiger partial charge on any atom is 0.260 e. The van der Waals surface area contributed by atoms with E-state index in [0.717, 1.165) is 24.2 Å². The molecule has 0 aliphatic carbocycles. The molecule has 1 atom stereocenters. The average molecular weight is 429 g/mol.